The average Bonchev–Trinajstić information content (AvgIpc) is 3.23. The van der Waals surface area contributed by atoms with E-state index in [0.717, 1.165) is 18.4 Å². The van der Waals surface area contributed by atoms with Gasteiger partial charge in [-0.1, -0.05) is 6.07 Å². The number of rotatable bonds is 6. The summed E-state index contributed by atoms with van der Waals surface area (Å²) in [6, 6.07) is 8.86. The molecule has 0 aliphatic rings. The minimum atomic E-state index is -4.77. The number of nitrogens with one attached hydrogen (secondary N) is 2. The zero-order valence-corrected chi connectivity index (χ0v) is 15.4. The lowest BCUT2D eigenvalue weighted by Gasteiger charge is -2.16. The predicted octanol–water partition coefficient (Wildman–Crippen LogP) is 3.74. The molecule has 3 aromatic rings. The van der Waals surface area contributed by atoms with E-state index >= 15 is 0 Å². The van der Waals surface area contributed by atoms with Crippen molar-refractivity contribution >= 4 is 23.2 Å². The lowest BCUT2D eigenvalue weighted by atomic mass is 10.1. The number of hydrogen-bond donors (Lipinski definition) is 2. The Balaban J connectivity index is 1.73. The van der Waals surface area contributed by atoms with Crippen LogP contribution in [-0.2, 0) is 17.5 Å². The van der Waals surface area contributed by atoms with Crippen molar-refractivity contribution in [1.29, 1.82) is 0 Å². The van der Waals surface area contributed by atoms with E-state index in [1.807, 2.05) is 0 Å². The van der Waals surface area contributed by atoms with Crippen LogP contribution in [0.2, 0.25) is 0 Å². The van der Waals surface area contributed by atoms with E-state index in [0.29, 0.717) is 0 Å². The van der Waals surface area contributed by atoms with Crippen LogP contribution in [0.15, 0.2) is 70.4 Å². The minimum absolute atomic E-state index is 0.0195. The number of halogens is 3. The number of pyridine rings is 1. The van der Waals surface area contributed by atoms with E-state index in [-0.39, 0.29) is 29.8 Å². The van der Waals surface area contributed by atoms with Crippen molar-refractivity contribution in [2.75, 3.05) is 10.6 Å². The van der Waals surface area contributed by atoms with Gasteiger partial charge < -0.3 is 19.6 Å². The normalized spacial score (nSPS) is 11.2. The molecule has 0 aliphatic heterocycles. The topological polar surface area (TPSA) is 93.3 Å². The van der Waals surface area contributed by atoms with E-state index in [9.17, 15) is 27.6 Å². The monoisotopic (exact) mass is 419 g/mol. The van der Waals surface area contributed by atoms with Crippen LogP contribution in [0.4, 0.5) is 24.5 Å². The Labute approximate surface area is 168 Å². The van der Waals surface area contributed by atoms with Gasteiger partial charge in [0.2, 0.25) is 5.91 Å². The molecule has 1 aromatic carbocycles. The molecule has 0 aliphatic carbocycles. The summed E-state index contributed by atoms with van der Waals surface area (Å²) in [5.41, 5.74) is -1.83. The van der Waals surface area contributed by atoms with Gasteiger partial charge in [0.05, 0.1) is 23.1 Å². The Bertz CT molecular complexity index is 1100. The largest absolute Gasteiger partial charge is 0.472 e. The smallest absolute Gasteiger partial charge is 0.418 e. The van der Waals surface area contributed by atoms with Crippen molar-refractivity contribution in [3.05, 3.63) is 82.7 Å². The van der Waals surface area contributed by atoms with Crippen LogP contribution in [-0.4, -0.2) is 16.4 Å². The van der Waals surface area contributed by atoms with E-state index < -0.39 is 29.2 Å². The number of hydrogen-bond acceptors (Lipinski definition) is 4. The van der Waals surface area contributed by atoms with E-state index in [1.54, 1.807) is 12.1 Å². The van der Waals surface area contributed by atoms with Gasteiger partial charge in [-0.25, -0.2) is 0 Å². The number of aromatic nitrogens is 1. The molecule has 0 radical (unpaired) electrons. The van der Waals surface area contributed by atoms with E-state index in [2.05, 4.69) is 10.6 Å². The lowest BCUT2D eigenvalue weighted by Crippen LogP contribution is -2.22. The SMILES string of the molecule is O=C(CCn1ccccc1=O)Nc1ccc(NC(=O)c2ccoc2)cc1C(F)(F)F. The first kappa shape index (κ1) is 20.9. The van der Waals surface area contributed by atoms with Crippen LogP contribution in [0.5, 0.6) is 0 Å². The number of amides is 2. The molecule has 2 N–H and O–H groups in total. The average molecular weight is 419 g/mol. The number of carbonyl (C=O) groups excluding carboxylic acids is 2. The van der Waals surface area contributed by atoms with Crippen molar-refractivity contribution in [2.24, 2.45) is 0 Å². The van der Waals surface area contributed by atoms with Crippen molar-refractivity contribution in [2.45, 2.75) is 19.1 Å². The Hall–Kier alpha value is -3.82. The van der Waals surface area contributed by atoms with Crippen LogP contribution in [0.3, 0.4) is 0 Å². The number of furan rings is 1. The number of nitrogens with zero attached hydrogens (tertiary/aromatic N) is 1. The molecule has 2 heterocycles. The Kier molecular flexibility index (Phi) is 6.05. The Morgan fingerprint density at radius 2 is 1.87 bits per heavy atom. The predicted molar refractivity (Wildman–Crippen MR) is 102 cm³/mol. The second-order valence-corrected chi connectivity index (χ2v) is 6.25. The van der Waals surface area contributed by atoms with Crippen molar-refractivity contribution in [1.82, 2.24) is 4.57 Å². The highest BCUT2D eigenvalue weighted by molar-refractivity contribution is 6.04. The molecule has 0 unspecified atom stereocenters. The van der Waals surface area contributed by atoms with Gasteiger partial charge in [-0.2, -0.15) is 13.2 Å². The molecule has 2 amide bonds. The molecule has 3 rings (SSSR count). The van der Waals surface area contributed by atoms with Crippen molar-refractivity contribution in [3.8, 4) is 0 Å². The van der Waals surface area contributed by atoms with Crippen molar-refractivity contribution in [3.63, 3.8) is 0 Å². The van der Waals surface area contributed by atoms with Crippen LogP contribution < -0.4 is 16.2 Å². The number of aryl methyl sites for hydroxylation is 1. The quantitative estimate of drug-likeness (QED) is 0.637. The van der Waals surface area contributed by atoms with Gasteiger partial charge in [-0.3, -0.25) is 14.4 Å². The third-order valence-corrected chi connectivity index (χ3v) is 4.12. The fourth-order valence-corrected chi connectivity index (χ4v) is 2.64. The first-order valence-electron chi connectivity index (χ1n) is 8.74. The Morgan fingerprint density at radius 1 is 1.07 bits per heavy atom. The Morgan fingerprint density at radius 3 is 2.53 bits per heavy atom. The van der Waals surface area contributed by atoms with Gasteiger partial charge >= 0.3 is 6.18 Å². The summed E-state index contributed by atoms with van der Waals surface area (Å²) >= 11 is 0. The van der Waals surface area contributed by atoms with Crippen LogP contribution in [0.25, 0.3) is 0 Å². The summed E-state index contributed by atoms with van der Waals surface area (Å²) in [7, 11) is 0. The maximum Gasteiger partial charge on any atom is 0.418 e. The van der Waals surface area contributed by atoms with Gasteiger partial charge in [-0.05, 0) is 30.3 Å². The van der Waals surface area contributed by atoms with Gasteiger partial charge in [0.1, 0.15) is 6.26 Å². The molecule has 0 saturated carbocycles. The highest BCUT2D eigenvalue weighted by Gasteiger charge is 2.34. The molecule has 0 spiro atoms. The number of benzene rings is 1. The first-order chi connectivity index (χ1) is 14.2. The number of anilines is 2. The summed E-state index contributed by atoms with van der Waals surface area (Å²) in [6.07, 6.45) is -1.06. The molecular formula is C20H16F3N3O4. The fraction of sp³-hybridized carbons (Fsp3) is 0.150. The molecule has 0 atom stereocenters. The van der Waals surface area contributed by atoms with Gasteiger partial charge in [0.25, 0.3) is 11.5 Å². The van der Waals surface area contributed by atoms with Gasteiger partial charge in [0, 0.05) is 30.9 Å². The standard InChI is InChI=1S/C20H16F3N3O4/c21-20(22,23)15-11-14(24-19(29)13-7-10-30-12-13)4-5-16(15)25-17(27)6-9-26-8-2-1-3-18(26)28/h1-5,7-8,10-12H,6,9H2,(H,24,29)(H,25,27). The summed E-state index contributed by atoms with van der Waals surface area (Å²) in [6.45, 7) is 0.0195. The zero-order valence-electron chi connectivity index (χ0n) is 15.4. The van der Waals surface area contributed by atoms with E-state index in [1.165, 1.54) is 35.2 Å². The maximum absolute atomic E-state index is 13.5. The summed E-state index contributed by atoms with van der Waals surface area (Å²) < 4.78 is 46.4. The minimum Gasteiger partial charge on any atom is -0.472 e. The molecule has 0 saturated heterocycles. The molecule has 0 fully saturated rings. The van der Waals surface area contributed by atoms with Crippen LogP contribution >= 0.6 is 0 Å². The highest BCUT2D eigenvalue weighted by atomic mass is 19.4. The van der Waals surface area contributed by atoms with Crippen LogP contribution in [0, 0.1) is 0 Å². The van der Waals surface area contributed by atoms with E-state index in [4.69, 9.17) is 4.42 Å². The summed E-state index contributed by atoms with van der Waals surface area (Å²) in [5, 5.41) is 4.55. The second kappa shape index (κ2) is 8.68. The molecule has 30 heavy (non-hydrogen) atoms. The molecule has 2 aromatic heterocycles. The van der Waals surface area contributed by atoms with Crippen molar-refractivity contribution < 1.29 is 27.2 Å². The number of carbonyl (C=O) groups is 2. The maximum atomic E-state index is 13.5. The second-order valence-electron chi connectivity index (χ2n) is 6.25. The first-order valence-corrected chi connectivity index (χ1v) is 8.74. The molecule has 156 valence electrons. The molecule has 0 bridgehead atoms. The highest BCUT2D eigenvalue weighted by Crippen LogP contribution is 2.36. The molecule has 7 nitrogen and oxygen atoms in total. The summed E-state index contributed by atoms with van der Waals surface area (Å²) in [5.74, 6) is -1.33. The summed E-state index contributed by atoms with van der Waals surface area (Å²) in [4.78, 5) is 35.7. The van der Waals surface area contributed by atoms with Gasteiger partial charge in [0.15, 0.2) is 0 Å². The third-order valence-electron chi connectivity index (χ3n) is 4.12. The van der Waals surface area contributed by atoms with Gasteiger partial charge in [-0.15, -0.1) is 0 Å². The van der Waals surface area contributed by atoms with Crippen LogP contribution in [0.1, 0.15) is 22.3 Å². The lowest BCUT2D eigenvalue weighted by molar-refractivity contribution is -0.136. The number of alkyl halides is 3. The fourth-order valence-electron chi connectivity index (χ4n) is 2.64. The molecular weight excluding hydrogens is 403 g/mol. The molecule has 10 heteroatoms. The zero-order chi connectivity index (χ0) is 21.7. The third kappa shape index (κ3) is 5.16.